The highest BCUT2D eigenvalue weighted by molar-refractivity contribution is 6.07. The molecule has 5 nitrogen and oxygen atoms in total. The lowest BCUT2D eigenvalue weighted by Gasteiger charge is -2.13. The molecule has 0 aromatic heterocycles. The number of non-ortho nitro benzene ring substituents is 1. The van der Waals surface area contributed by atoms with Crippen LogP contribution >= 0.6 is 0 Å². The second-order valence-corrected chi connectivity index (χ2v) is 9.07. The lowest BCUT2D eigenvalue weighted by atomic mass is 9.89. The molecule has 5 heteroatoms. The number of benzene rings is 4. The third-order valence-electron chi connectivity index (χ3n) is 6.30. The molecule has 0 N–H and O–H groups in total. The van der Waals surface area contributed by atoms with Crippen LogP contribution in [0.2, 0.25) is 0 Å². The zero-order valence-electron chi connectivity index (χ0n) is 21.2. The van der Waals surface area contributed by atoms with Crippen LogP contribution in [-0.2, 0) is 0 Å². The Morgan fingerprint density at radius 1 is 0.763 bits per heavy atom. The Bertz CT molecular complexity index is 1560. The zero-order chi connectivity index (χ0) is 27.1. The summed E-state index contributed by atoms with van der Waals surface area (Å²) in [5.74, 6) is -0.0304. The van der Waals surface area contributed by atoms with E-state index in [4.69, 9.17) is 0 Å². The molecule has 0 amide bonds. The standard InChI is InChI=1S/C33H26N2O3/c1-23-8-12-26(13-9-23)31(32(22-34)27-16-18-30(19-17-27)35(37)38)20-29(25-6-4-3-5-7-25)21-33(36)28-14-10-24(2)11-15-28/h3-20H,21H2,1-2H3/b29-20+,32-31+. The number of aryl methyl sites for hydroxylation is 2. The van der Waals surface area contributed by atoms with Crippen molar-refractivity contribution in [1.29, 1.82) is 5.26 Å². The first-order chi connectivity index (χ1) is 18.4. The molecule has 0 atom stereocenters. The molecule has 0 fully saturated rings. The van der Waals surface area contributed by atoms with Crippen molar-refractivity contribution in [2.24, 2.45) is 0 Å². The van der Waals surface area contributed by atoms with E-state index in [2.05, 4.69) is 6.07 Å². The smallest absolute Gasteiger partial charge is 0.269 e. The average molecular weight is 499 g/mol. The third kappa shape index (κ3) is 6.18. The first-order valence-electron chi connectivity index (χ1n) is 12.2. The van der Waals surface area contributed by atoms with Crippen LogP contribution in [0.1, 0.15) is 44.6 Å². The van der Waals surface area contributed by atoms with Crippen molar-refractivity contribution in [2.45, 2.75) is 20.3 Å². The lowest BCUT2D eigenvalue weighted by molar-refractivity contribution is -0.384. The molecule has 0 aliphatic heterocycles. The molecule has 0 aliphatic carbocycles. The summed E-state index contributed by atoms with van der Waals surface area (Å²) in [6.07, 6.45) is 2.04. The molecule has 0 saturated carbocycles. The van der Waals surface area contributed by atoms with Gasteiger partial charge in [-0.1, -0.05) is 90.0 Å². The minimum Gasteiger partial charge on any atom is -0.294 e. The van der Waals surface area contributed by atoms with Gasteiger partial charge in [-0.25, -0.2) is 0 Å². The molecule has 0 radical (unpaired) electrons. The molecule has 4 aromatic carbocycles. The van der Waals surface area contributed by atoms with Gasteiger partial charge >= 0.3 is 0 Å². The van der Waals surface area contributed by atoms with Crippen molar-refractivity contribution in [1.82, 2.24) is 0 Å². The molecule has 0 bridgehead atoms. The summed E-state index contributed by atoms with van der Waals surface area (Å²) in [6.45, 7) is 3.96. The minimum absolute atomic E-state index is 0.0304. The Labute approximate surface area is 222 Å². The van der Waals surface area contributed by atoms with E-state index < -0.39 is 4.92 Å². The maximum Gasteiger partial charge on any atom is 0.269 e. The van der Waals surface area contributed by atoms with E-state index in [0.29, 0.717) is 22.3 Å². The fourth-order valence-corrected chi connectivity index (χ4v) is 4.14. The number of nitro groups is 1. The van der Waals surface area contributed by atoms with Crippen LogP contribution in [0.25, 0.3) is 16.7 Å². The number of hydrogen-bond donors (Lipinski definition) is 0. The quantitative estimate of drug-likeness (QED) is 0.0615. The summed E-state index contributed by atoms with van der Waals surface area (Å²) < 4.78 is 0. The Morgan fingerprint density at radius 3 is 1.82 bits per heavy atom. The van der Waals surface area contributed by atoms with Crippen LogP contribution in [0.3, 0.4) is 0 Å². The number of carbonyl (C=O) groups excluding carboxylic acids is 1. The number of nitriles is 1. The number of hydrogen-bond acceptors (Lipinski definition) is 4. The monoisotopic (exact) mass is 498 g/mol. The number of carbonyl (C=O) groups is 1. The van der Waals surface area contributed by atoms with Gasteiger partial charge < -0.3 is 0 Å². The molecule has 0 unspecified atom stereocenters. The molecule has 0 aliphatic rings. The summed E-state index contributed by atoms with van der Waals surface area (Å²) in [5.41, 5.74) is 6.72. The molecule has 0 saturated heterocycles. The molecule has 4 rings (SSSR count). The number of nitrogens with zero attached hydrogens (tertiary/aromatic N) is 2. The van der Waals surface area contributed by atoms with Gasteiger partial charge in [-0.05, 0) is 54.3 Å². The Morgan fingerprint density at radius 2 is 1.29 bits per heavy atom. The molecule has 0 heterocycles. The van der Waals surface area contributed by atoms with Crippen molar-refractivity contribution in [3.63, 3.8) is 0 Å². The molecule has 38 heavy (non-hydrogen) atoms. The van der Waals surface area contributed by atoms with E-state index in [1.807, 2.05) is 98.8 Å². The van der Waals surface area contributed by atoms with Crippen LogP contribution in [0, 0.1) is 35.3 Å². The van der Waals surface area contributed by atoms with Gasteiger partial charge in [0.1, 0.15) is 6.07 Å². The van der Waals surface area contributed by atoms with Gasteiger partial charge in [-0.3, -0.25) is 14.9 Å². The molecule has 186 valence electrons. The highest BCUT2D eigenvalue weighted by Crippen LogP contribution is 2.33. The molecule has 4 aromatic rings. The van der Waals surface area contributed by atoms with Gasteiger partial charge in [0.15, 0.2) is 5.78 Å². The van der Waals surface area contributed by atoms with Crippen LogP contribution in [0.5, 0.6) is 0 Å². The topological polar surface area (TPSA) is 84.0 Å². The Balaban J connectivity index is 1.91. The molecule has 0 spiro atoms. The van der Waals surface area contributed by atoms with E-state index in [-0.39, 0.29) is 17.9 Å². The van der Waals surface area contributed by atoms with Gasteiger partial charge in [-0.2, -0.15) is 5.26 Å². The second kappa shape index (κ2) is 11.8. The minimum atomic E-state index is -0.468. The first-order valence-corrected chi connectivity index (χ1v) is 12.2. The lowest BCUT2D eigenvalue weighted by Crippen LogP contribution is -2.02. The maximum atomic E-state index is 13.3. The number of rotatable bonds is 8. The predicted octanol–water partition coefficient (Wildman–Crippen LogP) is 8.00. The van der Waals surface area contributed by atoms with Gasteiger partial charge in [0.25, 0.3) is 5.69 Å². The summed E-state index contributed by atoms with van der Waals surface area (Å²) >= 11 is 0. The number of allylic oxidation sites excluding steroid dienone is 4. The van der Waals surface area contributed by atoms with Crippen molar-refractivity contribution in [3.8, 4) is 6.07 Å². The normalized spacial score (nSPS) is 11.9. The number of Topliss-reactive ketones (excluding diaryl/α,β-unsaturated/α-hetero) is 1. The third-order valence-corrected chi connectivity index (χ3v) is 6.30. The largest absolute Gasteiger partial charge is 0.294 e. The van der Waals surface area contributed by atoms with E-state index in [1.54, 1.807) is 12.1 Å². The fourth-order valence-electron chi connectivity index (χ4n) is 4.14. The van der Waals surface area contributed by atoms with Gasteiger partial charge in [0, 0.05) is 29.7 Å². The van der Waals surface area contributed by atoms with E-state index in [0.717, 1.165) is 27.8 Å². The molecular formula is C33H26N2O3. The number of ketones is 1. The van der Waals surface area contributed by atoms with Gasteiger partial charge in [-0.15, -0.1) is 0 Å². The first kappa shape index (κ1) is 26.0. The fraction of sp³-hybridized carbons (Fsp3) is 0.0909. The van der Waals surface area contributed by atoms with E-state index in [1.165, 1.54) is 12.1 Å². The van der Waals surface area contributed by atoms with Crippen LogP contribution in [0.15, 0.2) is 109 Å². The highest BCUT2D eigenvalue weighted by Gasteiger charge is 2.16. The van der Waals surface area contributed by atoms with Crippen molar-refractivity contribution < 1.29 is 9.72 Å². The van der Waals surface area contributed by atoms with Crippen molar-refractivity contribution >= 4 is 28.2 Å². The van der Waals surface area contributed by atoms with E-state index in [9.17, 15) is 20.2 Å². The zero-order valence-corrected chi connectivity index (χ0v) is 21.2. The highest BCUT2D eigenvalue weighted by atomic mass is 16.6. The van der Waals surface area contributed by atoms with Crippen molar-refractivity contribution in [2.75, 3.05) is 0 Å². The summed E-state index contributed by atoms with van der Waals surface area (Å²) in [6, 6.07) is 33.2. The average Bonchev–Trinajstić information content (AvgIpc) is 2.94. The molecular weight excluding hydrogens is 472 g/mol. The Hall–Kier alpha value is -5.08. The van der Waals surface area contributed by atoms with Crippen LogP contribution in [-0.4, -0.2) is 10.7 Å². The van der Waals surface area contributed by atoms with Crippen LogP contribution in [0.4, 0.5) is 5.69 Å². The van der Waals surface area contributed by atoms with Gasteiger partial charge in [0.05, 0.1) is 10.5 Å². The van der Waals surface area contributed by atoms with Crippen molar-refractivity contribution in [3.05, 3.63) is 153 Å². The summed E-state index contributed by atoms with van der Waals surface area (Å²) in [5, 5.41) is 21.4. The Kier molecular flexibility index (Phi) is 8.05. The predicted molar refractivity (Wildman–Crippen MR) is 151 cm³/mol. The van der Waals surface area contributed by atoms with E-state index >= 15 is 0 Å². The number of nitro benzene ring substituents is 1. The SMILES string of the molecule is Cc1ccc(C(=O)C/C(=C\C(=C(\C#N)c2ccc([N+](=O)[O-])cc2)c2ccc(C)cc2)c2ccccc2)cc1. The summed E-state index contributed by atoms with van der Waals surface area (Å²) in [7, 11) is 0. The summed E-state index contributed by atoms with van der Waals surface area (Å²) in [4.78, 5) is 24.0. The second-order valence-electron chi connectivity index (χ2n) is 9.07. The van der Waals surface area contributed by atoms with Gasteiger partial charge in [0.2, 0.25) is 0 Å². The maximum absolute atomic E-state index is 13.3. The van der Waals surface area contributed by atoms with Crippen LogP contribution < -0.4 is 0 Å².